The van der Waals surface area contributed by atoms with Gasteiger partial charge in [-0.05, 0) is 63.7 Å². The lowest BCUT2D eigenvalue weighted by Gasteiger charge is -2.22. The van der Waals surface area contributed by atoms with Crippen molar-refractivity contribution in [1.82, 2.24) is 5.32 Å². The molecule has 104 valence electrons. The van der Waals surface area contributed by atoms with Crippen LogP contribution in [0.15, 0.2) is 12.1 Å². The number of rotatable bonds is 3. The molecule has 19 heavy (non-hydrogen) atoms. The minimum absolute atomic E-state index is 0.142. The lowest BCUT2D eigenvalue weighted by Crippen LogP contribution is -2.32. The van der Waals surface area contributed by atoms with Crippen molar-refractivity contribution in [2.24, 2.45) is 5.92 Å². The fourth-order valence-electron chi connectivity index (χ4n) is 2.93. The van der Waals surface area contributed by atoms with E-state index in [1.165, 1.54) is 12.0 Å². The molecule has 1 aliphatic heterocycles. The fraction of sp³-hybridized carbons (Fsp3) is 0.562. The van der Waals surface area contributed by atoms with E-state index >= 15 is 0 Å². The molecule has 1 amide bonds. The van der Waals surface area contributed by atoms with Crippen LogP contribution < -0.4 is 10.6 Å². The summed E-state index contributed by atoms with van der Waals surface area (Å²) in [6, 6.07) is 4.23. The highest BCUT2D eigenvalue weighted by Crippen LogP contribution is 2.23. The van der Waals surface area contributed by atoms with Crippen LogP contribution in [-0.2, 0) is 4.79 Å². The number of aryl methyl sites for hydroxylation is 3. The number of amides is 1. The highest BCUT2D eigenvalue weighted by Gasteiger charge is 2.17. The molecule has 1 heterocycles. The van der Waals surface area contributed by atoms with Crippen LogP contribution in [-0.4, -0.2) is 19.0 Å². The van der Waals surface area contributed by atoms with Gasteiger partial charge in [-0.25, -0.2) is 0 Å². The zero-order valence-corrected chi connectivity index (χ0v) is 12.2. The van der Waals surface area contributed by atoms with Crippen LogP contribution in [0.25, 0.3) is 0 Å². The van der Waals surface area contributed by atoms with Crippen LogP contribution in [0.1, 0.15) is 36.0 Å². The molecule has 0 bridgehead atoms. The van der Waals surface area contributed by atoms with Crippen LogP contribution in [0.5, 0.6) is 0 Å². The van der Waals surface area contributed by atoms with Crippen LogP contribution in [0.2, 0.25) is 0 Å². The average Bonchev–Trinajstić information content (AvgIpc) is 2.35. The molecule has 0 radical (unpaired) electrons. The maximum absolute atomic E-state index is 12.1. The Morgan fingerprint density at radius 1 is 1.32 bits per heavy atom. The maximum atomic E-state index is 12.1. The molecule has 0 aromatic heterocycles. The Hall–Kier alpha value is -1.35. The van der Waals surface area contributed by atoms with E-state index in [9.17, 15) is 4.79 Å². The third kappa shape index (κ3) is 3.80. The molecule has 0 spiro atoms. The molecule has 1 fully saturated rings. The van der Waals surface area contributed by atoms with Crippen molar-refractivity contribution in [3.63, 3.8) is 0 Å². The predicted octanol–water partition coefficient (Wildman–Crippen LogP) is 2.94. The molecule has 3 heteroatoms. The third-order valence-electron chi connectivity index (χ3n) is 3.81. The summed E-state index contributed by atoms with van der Waals surface area (Å²) in [4.78, 5) is 12.1. The van der Waals surface area contributed by atoms with E-state index in [-0.39, 0.29) is 5.91 Å². The molecule has 1 aromatic rings. The molecular weight excluding hydrogens is 236 g/mol. The molecular formula is C16H24N2O. The standard InChI is InChI=1S/C16H24N2O/c1-11-7-12(2)16(13(3)8-11)18-15(19)9-14-5-4-6-17-10-14/h7-8,14,17H,4-6,9-10H2,1-3H3,(H,18,19). The predicted molar refractivity (Wildman–Crippen MR) is 79.5 cm³/mol. The summed E-state index contributed by atoms with van der Waals surface area (Å²) in [7, 11) is 0. The minimum atomic E-state index is 0.142. The molecule has 1 atom stereocenters. The van der Waals surface area contributed by atoms with Crippen molar-refractivity contribution in [2.45, 2.75) is 40.0 Å². The molecule has 1 saturated heterocycles. The van der Waals surface area contributed by atoms with Gasteiger partial charge in [-0.2, -0.15) is 0 Å². The van der Waals surface area contributed by atoms with E-state index in [1.54, 1.807) is 0 Å². The number of carbonyl (C=O) groups is 1. The first-order valence-corrected chi connectivity index (χ1v) is 7.14. The second-order valence-corrected chi connectivity index (χ2v) is 5.74. The van der Waals surface area contributed by atoms with Gasteiger partial charge in [-0.1, -0.05) is 17.7 Å². The van der Waals surface area contributed by atoms with Crippen molar-refractivity contribution in [3.8, 4) is 0 Å². The smallest absolute Gasteiger partial charge is 0.224 e. The molecule has 1 aromatic carbocycles. The van der Waals surface area contributed by atoms with Gasteiger partial charge < -0.3 is 10.6 Å². The normalized spacial score (nSPS) is 19.2. The van der Waals surface area contributed by atoms with Crippen molar-refractivity contribution in [1.29, 1.82) is 0 Å². The first-order chi connectivity index (χ1) is 9.06. The van der Waals surface area contributed by atoms with Gasteiger partial charge in [0.25, 0.3) is 0 Å². The number of piperidine rings is 1. The summed E-state index contributed by atoms with van der Waals surface area (Å²) in [5.41, 5.74) is 4.52. The summed E-state index contributed by atoms with van der Waals surface area (Å²) < 4.78 is 0. The second kappa shape index (κ2) is 6.20. The van der Waals surface area contributed by atoms with Crippen molar-refractivity contribution in [2.75, 3.05) is 18.4 Å². The van der Waals surface area contributed by atoms with Crippen molar-refractivity contribution >= 4 is 11.6 Å². The number of hydrogen-bond donors (Lipinski definition) is 2. The quantitative estimate of drug-likeness (QED) is 0.877. The Balaban J connectivity index is 1.98. The molecule has 2 rings (SSSR count). The van der Waals surface area contributed by atoms with Gasteiger partial charge in [0.15, 0.2) is 0 Å². The molecule has 2 N–H and O–H groups in total. The Morgan fingerprint density at radius 3 is 2.58 bits per heavy atom. The number of benzene rings is 1. The topological polar surface area (TPSA) is 41.1 Å². The van der Waals surface area contributed by atoms with Gasteiger partial charge in [-0.15, -0.1) is 0 Å². The average molecular weight is 260 g/mol. The summed E-state index contributed by atoms with van der Waals surface area (Å²) in [5.74, 6) is 0.628. The molecule has 3 nitrogen and oxygen atoms in total. The number of nitrogens with one attached hydrogen (secondary N) is 2. The van der Waals surface area contributed by atoms with E-state index in [4.69, 9.17) is 0 Å². The number of hydrogen-bond acceptors (Lipinski definition) is 2. The van der Waals surface area contributed by atoms with Gasteiger partial charge in [0.05, 0.1) is 0 Å². The monoisotopic (exact) mass is 260 g/mol. The zero-order valence-electron chi connectivity index (χ0n) is 12.2. The van der Waals surface area contributed by atoms with Crippen LogP contribution in [0.3, 0.4) is 0 Å². The maximum Gasteiger partial charge on any atom is 0.224 e. The zero-order chi connectivity index (χ0) is 13.8. The first-order valence-electron chi connectivity index (χ1n) is 7.14. The van der Waals surface area contributed by atoms with Gasteiger partial charge in [0, 0.05) is 12.1 Å². The first kappa shape index (κ1) is 14.1. The molecule has 0 saturated carbocycles. The van der Waals surface area contributed by atoms with Crippen LogP contribution in [0.4, 0.5) is 5.69 Å². The second-order valence-electron chi connectivity index (χ2n) is 5.74. The van der Waals surface area contributed by atoms with Gasteiger partial charge >= 0.3 is 0 Å². The van der Waals surface area contributed by atoms with E-state index in [1.807, 2.05) is 0 Å². The summed E-state index contributed by atoms with van der Waals surface area (Å²) in [6.07, 6.45) is 2.96. The summed E-state index contributed by atoms with van der Waals surface area (Å²) in [5, 5.41) is 6.44. The highest BCUT2D eigenvalue weighted by molar-refractivity contribution is 5.92. The Morgan fingerprint density at radius 2 is 2.00 bits per heavy atom. The lowest BCUT2D eigenvalue weighted by molar-refractivity contribution is -0.117. The highest BCUT2D eigenvalue weighted by atomic mass is 16.1. The number of anilines is 1. The van der Waals surface area contributed by atoms with E-state index in [0.29, 0.717) is 12.3 Å². The Labute approximate surface area is 115 Å². The Kier molecular flexibility index (Phi) is 4.59. The Bertz CT molecular complexity index is 439. The fourth-order valence-corrected chi connectivity index (χ4v) is 2.93. The van der Waals surface area contributed by atoms with Gasteiger partial charge in [-0.3, -0.25) is 4.79 Å². The van der Waals surface area contributed by atoms with Crippen molar-refractivity contribution < 1.29 is 4.79 Å². The molecule has 1 unspecified atom stereocenters. The third-order valence-corrected chi connectivity index (χ3v) is 3.81. The number of carbonyl (C=O) groups excluding carboxylic acids is 1. The van der Waals surface area contributed by atoms with Gasteiger partial charge in [0.1, 0.15) is 0 Å². The minimum Gasteiger partial charge on any atom is -0.326 e. The van der Waals surface area contributed by atoms with Crippen LogP contribution >= 0.6 is 0 Å². The SMILES string of the molecule is Cc1cc(C)c(NC(=O)CC2CCCNC2)c(C)c1. The van der Waals surface area contributed by atoms with E-state index in [2.05, 4.69) is 43.5 Å². The largest absolute Gasteiger partial charge is 0.326 e. The molecule has 0 aliphatic carbocycles. The van der Waals surface area contributed by atoms with Crippen LogP contribution in [0, 0.1) is 26.7 Å². The lowest BCUT2D eigenvalue weighted by atomic mass is 9.95. The van der Waals surface area contributed by atoms with Crippen molar-refractivity contribution in [3.05, 3.63) is 28.8 Å². The van der Waals surface area contributed by atoms with E-state index < -0.39 is 0 Å². The van der Waals surface area contributed by atoms with Gasteiger partial charge in [0.2, 0.25) is 5.91 Å². The summed E-state index contributed by atoms with van der Waals surface area (Å²) >= 11 is 0. The molecule has 1 aliphatic rings. The van der Waals surface area contributed by atoms with E-state index in [0.717, 1.165) is 36.3 Å². The summed E-state index contributed by atoms with van der Waals surface area (Å²) in [6.45, 7) is 8.25.